The summed E-state index contributed by atoms with van der Waals surface area (Å²) in [4.78, 5) is 4.64. The predicted molar refractivity (Wildman–Crippen MR) is 206 cm³/mol. The van der Waals surface area contributed by atoms with Crippen molar-refractivity contribution in [3.05, 3.63) is 204 Å². The number of para-hydroxylation sites is 4. The van der Waals surface area contributed by atoms with Gasteiger partial charge in [0.15, 0.2) is 0 Å². The molecule has 0 spiro atoms. The summed E-state index contributed by atoms with van der Waals surface area (Å²) in [5, 5.41) is 0. The maximum Gasteiger partial charge on any atom is 0.0490 e. The van der Waals surface area contributed by atoms with Gasteiger partial charge in [0.2, 0.25) is 0 Å². The Balaban J connectivity index is 1.08. The quantitative estimate of drug-likeness (QED) is 0.149. The molecule has 0 bridgehead atoms. The molecule has 7 aromatic rings. The molecule has 0 aromatic heterocycles. The van der Waals surface area contributed by atoms with E-state index in [0.717, 1.165) is 28.3 Å². The molecule has 2 nitrogen and oxygen atoms in total. The van der Waals surface area contributed by atoms with E-state index in [1.54, 1.807) is 0 Å². The van der Waals surface area contributed by atoms with Crippen molar-refractivity contribution in [2.75, 3.05) is 9.80 Å². The Morgan fingerprint density at radius 2 is 0.646 bits per heavy atom. The van der Waals surface area contributed by atoms with E-state index < -0.39 is 0 Å². The maximum atomic E-state index is 2.36. The van der Waals surface area contributed by atoms with Crippen molar-refractivity contribution >= 4 is 46.3 Å². The molecule has 0 aliphatic heterocycles. The van der Waals surface area contributed by atoms with Crippen LogP contribution in [0.15, 0.2) is 182 Å². The number of rotatable bonds is 9. The summed E-state index contributed by atoms with van der Waals surface area (Å²) in [7, 11) is 0. The first kappa shape index (κ1) is 30.5. The van der Waals surface area contributed by atoms with Gasteiger partial charge in [-0.25, -0.2) is 0 Å². The molecule has 0 unspecified atom stereocenters. The third-order valence-corrected chi connectivity index (χ3v) is 8.73. The summed E-state index contributed by atoms with van der Waals surface area (Å²) in [5.41, 5.74) is 14.1. The number of anilines is 6. The van der Waals surface area contributed by atoms with Crippen molar-refractivity contribution in [1.82, 2.24) is 0 Å². The van der Waals surface area contributed by atoms with Crippen LogP contribution in [0.4, 0.5) is 34.1 Å². The van der Waals surface area contributed by atoms with Crippen LogP contribution in [0, 0.1) is 13.8 Å². The largest absolute Gasteiger partial charge is 0.311 e. The topological polar surface area (TPSA) is 6.48 Å². The highest BCUT2D eigenvalue weighted by Gasteiger charge is 2.16. The van der Waals surface area contributed by atoms with Gasteiger partial charge in [0.1, 0.15) is 0 Å². The fourth-order valence-corrected chi connectivity index (χ4v) is 6.15. The molecule has 0 N–H and O–H groups in total. The zero-order valence-electron chi connectivity index (χ0n) is 27.4. The van der Waals surface area contributed by atoms with Crippen molar-refractivity contribution in [3.8, 4) is 11.1 Å². The predicted octanol–water partition coefficient (Wildman–Crippen LogP) is 13.1. The number of hydrogen-bond donors (Lipinski definition) is 0. The monoisotopic (exact) mass is 618 g/mol. The van der Waals surface area contributed by atoms with Crippen molar-refractivity contribution in [1.29, 1.82) is 0 Å². The number of hydrogen-bond acceptors (Lipinski definition) is 2. The first-order valence-electron chi connectivity index (χ1n) is 16.4. The van der Waals surface area contributed by atoms with E-state index in [2.05, 4.69) is 218 Å². The normalized spacial score (nSPS) is 11.0. The van der Waals surface area contributed by atoms with E-state index in [4.69, 9.17) is 0 Å². The fourth-order valence-electron chi connectivity index (χ4n) is 6.15. The number of nitrogens with zero attached hydrogens (tertiary/aromatic N) is 2. The van der Waals surface area contributed by atoms with Crippen LogP contribution in [0.25, 0.3) is 23.3 Å². The van der Waals surface area contributed by atoms with Crippen molar-refractivity contribution in [2.45, 2.75) is 13.8 Å². The van der Waals surface area contributed by atoms with E-state index in [-0.39, 0.29) is 0 Å². The highest BCUT2D eigenvalue weighted by molar-refractivity contribution is 5.82. The van der Waals surface area contributed by atoms with Crippen LogP contribution < -0.4 is 9.80 Å². The molecule has 0 saturated carbocycles. The molecule has 48 heavy (non-hydrogen) atoms. The zero-order valence-corrected chi connectivity index (χ0v) is 27.4. The summed E-state index contributed by atoms with van der Waals surface area (Å²) in [6, 6.07) is 64.5. The first-order chi connectivity index (χ1) is 23.6. The van der Waals surface area contributed by atoms with Gasteiger partial charge in [-0.3, -0.25) is 0 Å². The Morgan fingerprint density at radius 1 is 0.312 bits per heavy atom. The summed E-state index contributed by atoms with van der Waals surface area (Å²) in [6.07, 6.45) is 4.35. The van der Waals surface area contributed by atoms with Gasteiger partial charge in [-0.1, -0.05) is 133 Å². The molecule has 0 radical (unpaired) electrons. The highest BCUT2D eigenvalue weighted by atomic mass is 15.1. The summed E-state index contributed by atoms with van der Waals surface area (Å²) in [6.45, 7) is 4.34. The molecule has 2 heteroatoms. The van der Waals surface area contributed by atoms with Crippen molar-refractivity contribution in [3.63, 3.8) is 0 Å². The third-order valence-electron chi connectivity index (χ3n) is 8.73. The Bertz CT molecular complexity index is 2030. The second-order valence-corrected chi connectivity index (χ2v) is 12.0. The van der Waals surface area contributed by atoms with E-state index in [1.807, 2.05) is 0 Å². The number of aryl methyl sites for hydroxylation is 2. The summed E-state index contributed by atoms with van der Waals surface area (Å²) < 4.78 is 0. The van der Waals surface area contributed by atoms with E-state index in [0.29, 0.717) is 0 Å². The van der Waals surface area contributed by atoms with Gasteiger partial charge >= 0.3 is 0 Å². The Hall–Kier alpha value is -6.12. The van der Waals surface area contributed by atoms with Crippen LogP contribution in [-0.2, 0) is 0 Å². The van der Waals surface area contributed by atoms with Crippen LogP contribution >= 0.6 is 0 Å². The van der Waals surface area contributed by atoms with Gasteiger partial charge in [-0.2, -0.15) is 0 Å². The molecular weight excluding hydrogens is 581 g/mol. The van der Waals surface area contributed by atoms with Crippen molar-refractivity contribution in [2.24, 2.45) is 0 Å². The molecule has 0 aliphatic carbocycles. The van der Waals surface area contributed by atoms with Crippen molar-refractivity contribution < 1.29 is 0 Å². The van der Waals surface area contributed by atoms with Crippen LogP contribution in [0.1, 0.15) is 22.3 Å². The lowest BCUT2D eigenvalue weighted by Crippen LogP contribution is -2.12. The molecular formula is C46H38N2. The first-order valence-corrected chi connectivity index (χ1v) is 16.4. The van der Waals surface area contributed by atoms with E-state index in [9.17, 15) is 0 Å². The van der Waals surface area contributed by atoms with Gasteiger partial charge in [-0.15, -0.1) is 0 Å². The van der Waals surface area contributed by atoms with E-state index in [1.165, 1.54) is 39.2 Å². The van der Waals surface area contributed by atoms with E-state index >= 15 is 0 Å². The Morgan fingerprint density at radius 3 is 1.10 bits per heavy atom. The lowest BCUT2D eigenvalue weighted by molar-refractivity contribution is 1.23. The standard InChI is InChI=1S/C46H38N2/c1-35-13-9-11-19-45(35)48(46-20-12-10-14-36(46)2)44-33-29-40(30-34-44)39-27-23-37(24-28-39)21-22-38-25-31-43(32-26-38)47(41-15-5-3-6-16-41)42-17-7-4-8-18-42/h3-34H,1-2H3/b22-21+. The van der Waals surface area contributed by atoms with Gasteiger partial charge in [0.25, 0.3) is 0 Å². The minimum absolute atomic E-state index is 1.13. The van der Waals surface area contributed by atoms with Crippen LogP contribution in [-0.4, -0.2) is 0 Å². The second kappa shape index (κ2) is 14.1. The van der Waals surface area contributed by atoms with Gasteiger partial charge < -0.3 is 9.80 Å². The lowest BCUT2D eigenvalue weighted by atomic mass is 10.0. The maximum absolute atomic E-state index is 2.36. The molecule has 7 rings (SSSR count). The number of benzene rings is 7. The molecule has 0 amide bonds. The average Bonchev–Trinajstić information content (AvgIpc) is 3.14. The summed E-state index contributed by atoms with van der Waals surface area (Å²) in [5.74, 6) is 0. The van der Waals surface area contributed by atoms with Crippen LogP contribution in [0.5, 0.6) is 0 Å². The third kappa shape index (κ3) is 6.70. The molecule has 7 aromatic carbocycles. The lowest BCUT2D eigenvalue weighted by Gasteiger charge is -2.28. The smallest absolute Gasteiger partial charge is 0.0490 e. The SMILES string of the molecule is Cc1ccccc1N(c1ccc(-c2ccc(/C=C/c3ccc(N(c4ccccc4)c4ccccc4)cc3)cc2)cc1)c1ccccc1C. The molecule has 232 valence electrons. The minimum Gasteiger partial charge on any atom is -0.311 e. The van der Waals surface area contributed by atoms with Gasteiger partial charge in [0, 0.05) is 34.1 Å². The minimum atomic E-state index is 1.13. The second-order valence-electron chi connectivity index (χ2n) is 12.0. The van der Waals surface area contributed by atoms with Crippen LogP contribution in [0.2, 0.25) is 0 Å². The van der Waals surface area contributed by atoms with Gasteiger partial charge in [0.05, 0.1) is 0 Å². The highest BCUT2D eigenvalue weighted by Crippen LogP contribution is 2.39. The Kier molecular flexibility index (Phi) is 8.97. The molecule has 0 saturated heterocycles. The molecule has 0 fully saturated rings. The summed E-state index contributed by atoms with van der Waals surface area (Å²) >= 11 is 0. The Labute approximate surface area is 284 Å². The molecule has 0 heterocycles. The average molecular weight is 619 g/mol. The fraction of sp³-hybridized carbons (Fsp3) is 0.0435. The van der Waals surface area contributed by atoms with Crippen LogP contribution in [0.3, 0.4) is 0 Å². The zero-order chi connectivity index (χ0) is 32.7. The van der Waals surface area contributed by atoms with Gasteiger partial charge in [-0.05, 0) is 108 Å². The molecule has 0 atom stereocenters. The molecule has 0 aliphatic rings.